The van der Waals surface area contributed by atoms with Gasteiger partial charge in [0.1, 0.15) is 18.7 Å². The summed E-state index contributed by atoms with van der Waals surface area (Å²) < 4.78 is 0. The number of aldehydes is 2. The van der Waals surface area contributed by atoms with E-state index in [2.05, 4.69) is 0 Å². The van der Waals surface area contributed by atoms with Crippen molar-refractivity contribution in [3.05, 3.63) is 0 Å². The number of rotatable bonds is 4. The van der Waals surface area contributed by atoms with E-state index in [-0.39, 0.29) is 6.29 Å². The van der Waals surface area contributed by atoms with Crippen molar-refractivity contribution in [1.29, 1.82) is 0 Å². The Morgan fingerprint density at radius 1 is 1.20 bits per heavy atom. The molecular formula is C6H10O4. The lowest BCUT2D eigenvalue weighted by molar-refractivity contribution is -0.128. The van der Waals surface area contributed by atoms with Gasteiger partial charge >= 0.3 is 0 Å². The van der Waals surface area contributed by atoms with Gasteiger partial charge in [0.25, 0.3) is 0 Å². The first-order valence-electron chi connectivity index (χ1n) is 2.90. The molecule has 3 atom stereocenters. The fourth-order valence-electron chi connectivity index (χ4n) is 0.570. The van der Waals surface area contributed by atoms with Crippen LogP contribution < -0.4 is 0 Å². The summed E-state index contributed by atoms with van der Waals surface area (Å²) in [4.78, 5) is 20.0. The molecular weight excluding hydrogens is 136 g/mol. The van der Waals surface area contributed by atoms with Gasteiger partial charge in [-0.1, -0.05) is 0 Å². The van der Waals surface area contributed by atoms with Crippen LogP contribution in [0.4, 0.5) is 0 Å². The molecule has 58 valence electrons. The third-order valence-corrected chi connectivity index (χ3v) is 1.25. The molecule has 0 aliphatic carbocycles. The minimum absolute atomic E-state index is 0.228. The molecule has 0 fully saturated rings. The molecule has 0 bridgehead atoms. The summed E-state index contributed by atoms with van der Waals surface area (Å²) in [5.41, 5.74) is 0. The van der Waals surface area contributed by atoms with Gasteiger partial charge in [0.05, 0.1) is 12.0 Å². The Labute approximate surface area is 58.5 Å². The van der Waals surface area contributed by atoms with Gasteiger partial charge in [-0.25, -0.2) is 0 Å². The second kappa shape index (κ2) is 4.14. The van der Waals surface area contributed by atoms with Crippen molar-refractivity contribution in [2.45, 2.75) is 19.1 Å². The Hall–Kier alpha value is -0.740. The monoisotopic (exact) mass is 146 g/mol. The van der Waals surface area contributed by atoms with Gasteiger partial charge in [0, 0.05) is 0 Å². The number of carbonyl (C=O) groups excluding carboxylic acids is 2. The van der Waals surface area contributed by atoms with Gasteiger partial charge in [-0.15, -0.1) is 0 Å². The molecule has 0 aromatic heterocycles. The van der Waals surface area contributed by atoms with E-state index < -0.39 is 18.1 Å². The zero-order valence-electron chi connectivity index (χ0n) is 5.60. The molecule has 0 spiro atoms. The SMILES string of the molecule is CC(O)C(C=O)C(O)C=O. The lowest BCUT2D eigenvalue weighted by Gasteiger charge is -2.14. The average Bonchev–Trinajstić information content (AvgIpc) is 1.88. The van der Waals surface area contributed by atoms with Crippen molar-refractivity contribution >= 4 is 12.6 Å². The molecule has 4 heteroatoms. The van der Waals surface area contributed by atoms with Crippen molar-refractivity contribution in [3.8, 4) is 0 Å². The molecule has 4 nitrogen and oxygen atoms in total. The fraction of sp³-hybridized carbons (Fsp3) is 0.667. The highest BCUT2D eigenvalue weighted by Crippen LogP contribution is 2.03. The van der Waals surface area contributed by atoms with Crippen molar-refractivity contribution in [2.75, 3.05) is 0 Å². The predicted octanol–water partition coefficient (Wildman–Crippen LogP) is -1.26. The van der Waals surface area contributed by atoms with Gasteiger partial charge in [0.15, 0.2) is 0 Å². The van der Waals surface area contributed by atoms with Crippen molar-refractivity contribution in [2.24, 2.45) is 5.92 Å². The first-order valence-corrected chi connectivity index (χ1v) is 2.90. The van der Waals surface area contributed by atoms with Crippen molar-refractivity contribution in [1.82, 2.24) is 0 Å². The largest absolute Gasteiger partial charge is 0.393 e. The Kier molecular flexibility index (Phi) is 3.83. The summed E-state index contributed by atoms with van der Waals surface area (Å²) in [7, 11) is 0. The second-order valence-electron chi connectivity index (χ2n) is 2.08. The summed E-state index contributed by atoms with van der Waals surface area (Å²) in [6.07, 6.45) is -1.79. The van der Waals surface area contributed by atoms with E-state index in [0.717, 1.165) is 0 Å². The summed E-state index contributed by atoms with van der Waals surface area (Å²) >= 11 is 0. The molecule has 0 aliphatic rings. The van der Waals surface area contributed by atoms with E-state index in [1.807, 2.05) is 0 Å². The summed E-state index contributed by atoms with van der Waals surface area (Å²) in [5.74, 6) is -1.00. The molecule has 0 aromatic carbocycles. The second-order valence-corrected chi connectivity index (χ2v) is 2.08. The van der Waals surface area contributed by atoms with Crippen LogP contribution in [0.1, 0.15) is 6.92 Å². The molecule has 0 amide bonds. The van der Waals surface area contributed by atoms with E-state index in [4.69, 9.17) is 10.2 Å². The van der Waals surface area contributed by atoms with Crippen LogP contribution in [0.5, 0.6) is 0 Å². The average molecular weight is 146 g/mol. The van der Waals surface area contributed by atoms with Crippen LogP contribution in [0, 0.1) is 5.92 Å². The Morgan fingerprint density at radius 2 is 1.70 bits per heavy atom. The van der Waals surface area contributed by atoms with Crippen molar-refractivity contribution in [3.63, 3.8) is 0 Å². The van der Waals surface area contributed by atoms with E-state index in [1.165, 1.54) is 6.92 Å². The molecule has 0 aliphatic heterocycles. The molecule has 0 heterocycles. The highest BCUT2D eigenvalue weighted by Gasteiger charge is 2.22. The molecule has 0 radical (unpaired) electrons. The number of aliphatic hydroxyl groups is 2. The van der Waals surface area contributed by atoms with Crippen LogP contribution in [-0.2, 0) is 9.59 Å². The Balaban J connectivity index is 4.04. The minimum atomic E-state index is -1.39. The lowest BCUT2D eigenvalue weighted by atomic mass is 10.00. The van der Waals surface area contributed by atoms with E-state index in [0.29, 0.717) is 6.29 Å². The van der Waals surface area contributed by atoms with Crippen LogP contribution in [-0.4, -0.2) is 35.0 Å². The zero-order chi connectivity index (χ0) is 8.15. The molecule has 0 rings (SSSR count). The van der Waals surface area contributed by atoms with Gasteiger partial charge in [-0.2, -0.15) is 0 Å². The highest BCUT2D eigenvalue weighted by molar-refractivity contribution is 5.66. The molecule has 3 unspecified atom stereocenters. The maximum absolute atomic E-state index is 10.1. The van der Waals surface area contributed by atoms with Crippen LogP contribution >= 0.6 is 0 Å². The van der Waals surface area contributed by atoms with Crippen LogP contribution in [0.2, 0.25) is 0 Å². The number of aliphatic hydroxyl groups excluding tert-OH is 2. The first-order chi connectivity index (χ1) is 4.63. The summed E-state index contributed by atoms with van der Waals surface area (Å²) in [6.45, 7) is 1.34. The van der Waals surface area contributed by atoms with Crippen LogP contribution in [0.15, 0.2) is 0 Å². The summed E-state index contributed by atoms with van der Waals surface area (Å²) in [6, 6.07) is 0. The first kappa shape index (κ1) is 9.26. The Bertz CT molecular complexity index is 121. The number of carbonyl (C=O) groups is 2. The fourth-order valence-corrected chi connectivity index (χ4v) is 0.570. The van der Waals surface area contributed by atoms with Crippen molar-refractivity contribution < 1.29 is 19.8 Å². The van der Waals surface area contributed by atoms with Gasteiger partial charge < -0.3 is 19.8 Å². The molecule has 0 aromatic rings. The van der Waals surface area contributed by atoms with E-state index >= 15 is 0 Å². The van der Waals surface area contributed by atoms with E-state index in [1.54, 1.807) is 0 Å². The Morgan fingerprint density at radius 3 is 1.80 bits per heavy atom. The zero-order valence-corrected chi connectivity index (χ0v) is 5.60. The molecule has 0 saturated carbocycles. The summed E-state index contributed by atoms with van der Waals surface area (Å²) in [5, 5.41) is 17.5. The third-order valence-electron chi connectivity index (χ3n) is 1.25. The maximum Gasteiger partial charge on any atom is 0.149 e. The smallest absolute Gasteiger partial charge is 0.149 e. The maximum atomic E-state index is 10.1. The molecule has 2 N–H and O–H groups in total. The number of hydrogen-bond donors (Lipinski definition) is 2. The highest BCUT2D eigenvalue weighted by atomic mass is 16.3. The lowest BCUT2D eigenvalue weighted by Crippen LogP contribution is -2.32. The van der Waals surface area contributed by atoms with Crippen LogP contribution in [0.25, 0.3) is 0 Å². The predicted molar refractivity (Wildman–Crippen MR) is 33.3 cm³/mol. The molecule has 0 saturated heterocycles. The number of hydrogen-bond acceptors (Lipinski definition) is 4. The normalized spacial score (nSPS) is 19.1. The standard InChI is InChI=1S/C6H10O4/c1-4(9)5(2-7)6(10)3-8/h2-6,9-10H,1H3. The quantitative estimate of drug-likeness (QED) is 0.485. The molecule has 10 heavy (non-hydrogen) atoms. The minimum Gasteiger partial charge on any atom is -0.393 e. The third kappa shape index (κ3) is 2.24. The topological polar surface area (TPSA) is 74.6 Å². The van der Waals surface area contributed by atoms with Crippen LogP contribution in [0.3, 0.4) is 0 Å². The van der Waals surface area contributed by atoms with E-state index in [9.17, 15) is 9.59 Å². The van der Waals surface area contributed by atoms with Gasteiger partial charge in [-0.3, -0.25) is 0 Å². The van der Waals surface area contributed by atoms with Gasteiger partial charge in [0.2, 0.25) is 0 Å². The van der Waals surface area contributed by atoms with Gasteiger partial charge in [-0.05, 0) is 6.92 Å².